The predicted molar refractivity (Wildman–Crippen MR) is 66.7 cm³/mol. The second-order valence-electron chi connectivity index (χ2n) is 4.00. The molecule has 0 amide bonds. The largest absolute Gasteiger partial charge is 0.487 e. The van der Waals surface area contributed by atoms with E-state index in [2.05, 4.69) is 4.98 Å². The first kappa shape index (κ1) is 13.0. The Labute approximate surface area is 109 Å². The molecule has 0 saturated heterocycles. The Morgan fingerprint density at radius 3 is 2.89 bits per heavy atom. The van der Waals surface area contributed by atoms with Crippen LogP contribution in [0.1, 0.15) is 21.6 Å². The minimum absolute atomic E-state index is 0.0228. The molecule has 5 heteroatoms. The molecule has 2 aromatic rings. The zero-order chi connectivity index (χ0) is 13.8. The fourth-order valence-corrected chi connectivity index (χ4v) is 1.67. The fraction of sp³-hybridized carbons (Fsp3) is 0.143. The molecule has 19 heavy (non-hydrogen) atoms. The van der Waals surface area contributed by atoms with Gasteiger partial charge in [-0.2, -0.15) is 0 Å². The van der Waals surface area contributed by atoms with Crippen molar-refractivity contribution in [3.63, 3.8) is 0 Å². The Kier molecular flexibility index (Phi) is 3.75. The molecule has 1 aromatic heterocycles. The van der Waals surface area contributed by atoms with Crippen LogP contribution in [-0.2, 0) is 6.61 Å². The van der Waals surface area contributed by atoms with Crippen molar-refractivity contribution in [3.8, 4) is 5.75 Å². The molecule has 2 rings (SSSR count). The Morgan fingerprint density at radius 2 is 2.21 bits per heavy atom. The molecule has 0 bridgehead atoms. The summed E-state index contributed by atoms with van der Waals surface area (Å²) in [6.45, 7) is 1.74. The van der Waals surface area contributed by atoms with Crippen molar-refractivity contribution < 1.29 is 19.0 Å². The quantitative estimate of drug-likeness (QED) is 0.919. The lowest BCUT2D eigenvalue weighted by Gasteiger charge is -2.10. The van der Waals surface area contributed by atoms with Crippen molar-refractivity contribution in [2.75, 3.05) is 0 Å². The summed E-state index contributed by atoms with van der Waals surface area (Å²) in [5.74, 6) is -0.889. The smallest absolute Gasteiger partial charge is 0.337 e. The van der Waals surface area contributed by atoms with Crippen LogP contribution in [0.2, 0.25) is 0 Å². The summed E-state index contributed by atoms with van der Waals surface area (Å²) in [7, 11) is 0. The molecule has 0 unspecified atom stereocenters. The fourth-order valence-electron chi connectivity index (χ4n) is 1.67. The van der Waals surface area contributed by atoms with E-state index in [4.69, 9.17) is 9.84 Å². The topological polar surface area (TPSA) is 59.4 Å². The molecule has 98 valence electrons. The molecule has 0 aliphatic carbocycles. The van der Waals surface area contributed by atoms with E-state index in [9.17, 15) is 9.18 Å². The monoisotopic (exact) mass is 261 g/mol. The molecule has 0 atom stereocenters. The highest BCUT2D eigenvalue weighted by molar-refractivity contribution is 5.88. The van der Waals surface area contributed by atoms with E-state index in [0.717, 1.165) is 0 Å². The highest BCUT2D eigenvalue weighted by Crippen LogP contribution is 2.20. The summed E-state index contributed by atoms with van der Waals surface area (Å²) in [5.41, 5.74) is 1.08. The number of hydrogen-bond acceptors (Lipinski definition) is 3. The highest BCUT2D eigenvalue weighted by atomic mass is 19.1. The van der Waals surface area contributed by atoms with Gasteiger partial charge in [-0.1, -0.05) is 0 Å². The van der Waals surface area contributed by atoms with Gasteiger partial charge in [0.05, 0.1) is 11.3 Å². The molecule has 4 nitrogen and oxygen atoms in total. The van der Waals surface area contributed by atoms with Crippen LogP contribution in [0.5, 0.6) is 5.75 Å². The van der Waals surface area contributed by atoms with Crippen LogP contribution >= 0.6 is 0 Å². The van der Waals surface area contributed by atoms with E-state index >= 15 is 0 Å². The van der Waals surface area contributed by atoms with Crippen molar-refractivity contribution in [2.45, 2.75) is 13.5 Å². The molecule has 0 saturated carbocycles. The number of ether oxygens (including phenoxy) is 1. The number of rotatable bonds is 4. The lowest BCUT2D eigenvalue weighted by molar-refractivity contribution is 0.0693. The van der Waals surface area contributed by atoms with Crippen LogP contribution in [0, 0.1) is 12.7 Å². The van der Waals surface area contributed by atoms with Gasteiger partial charge < -0.3 is 9.84 Å². The molecule has 1 N–H and O–H groups in total. The minimum Gasteiger partial charge on any atom is -0.487 e. The Morgan fingerprint density at radius 1 is 1.42 bits per heavy atom. The van der Waals surface area contributed by atoms with Crippen LogP contribution in [0.15, 0.2) is 36.5 Å². The van der Waals surface area contributed by atoms with Crippen LogP contribution in [0.4, 0.5) is 4.39 Å². The standard InChI is InChI=1S/C14H12FNO3/c1-9-7-10(15)4-5-13(9)19-8-12-11(14(17)18)3-2-6-16-12/h2-7H,8H2,1H3,(H,17,18). The molecular weight excluding hydrogens is 249 g/mol. The third-order valence-corrected chi connectivity index (χ3v) is 2.62. The van der Waals surface area contributed by atoms with E-state index in [1.165, 1.54) is 30.5 Å². The Bertz CT molecular complexity index is 613. The van der Waals surface area contributed by atoms with Gasteiger partial charge >= 0.3 is 5.97 Å². The first-order valence-electron chi connectivity index (χ1n) is 5.64. The van der Waals surface area contributed by atoms with E-state index < -0.39 is 5.97 Å². The Hall–Kier alpha value is -2.43. The van der Waals surface area contributed by atoms with E-state index in [1.807, 2.05) is 0 Å². The lowest BCUT2D eigenvalue weighted by Crippen LogP contribution is -2.08. The first-order valence-corrected chi connectivity index (χ1v) is 5.64. The van der Waals surface area contributed by atoms with Gasteiger partial charge in [0.25, 0.3) is 0 Å². The minimum atomic E-state index is -1.05. The van der Waals surface area contributed by atoms with Crippen molar-refractivity contribution in [1.82, 2.24) is 4.98 Å². The van der Waals surface area contributed by atoms with Crippen molar-refractivity contribution in [3.05, 3.63) is 59.2 Å². The molecular formula is C14H12FNO3. The number of hydrogen-bond donors (Lipinski definition) is 1. The number of aromatic carboxylic acids is 1. The molecule has 0 radical (unpaired) electrons. The molecule has 0 aliphatic rings. The van der Waals surface area contributed by atoms with Crippen molar-refractivity contribution >= 4 is 5.97 Å². The number of aromatic nitrogens is 1. The van der Waals surface area contributed by atoms with E-state index in [1.54, 1.807) is 13.0 Å². The Balaban J connectivity index is 2.17. The summed E-state index contributed by atoms with van der Waals surface area (Å²) >= 11 is 0. The van der Waals surface area contributed by atoms with Crippen molar-refractivity contribution in [2.24, 2.45) is 0 Å². The summed E-state index contributed by atoms with van der Waals surface area (Å²) in [5, 5.41) is 9.01. The average molecular weight is 261 g/mol. The maximum atomic E-state index is 12.9. The number of carbonyl (C=O) groups is 1. The summed E-state index contributed by atoms with van der Waals surface area (Å²) in [6.07, 6.45) is 1.50. The number of aryl methyl sites for hydroxylation is 1. The summed E-state index contributed by atoms with van der Waals surface area (Å²) in [4.78, 5) is 15.0. The van der Waals surface area contributed by atoms with Crippen molar-refractivity contribution in [1.29, 1.82) is 0 Å². The average Bonchev–Trinajstić information content (AvgIpc) is 2.38. The second kappa shape index (κ2) is 5.48. The molecule has 1 aromatic carbocycles. The van der Waals surface area contributed by atoms with Crippen LogP contribution in [0.25, 0.3) is 0 Å². The number of pyridine rings is 1. The molecule has 0 aliphatic heterocycles. The maximum absolute atomic E-state index is 12.9. The third-order valence-electron chi connectivity index (χ3n) is 2.62. The summed E-state index contributed by atoms with van der Waals surface area (Å²) in [6, 6.07) is 7.17. The zero-order valence-corrected chi connectivity index (χ0v) is 10.3. The van der Waals surface area contributed by atoms with E-state index in [0.29, 0.717) is 17.0 Å². The number of carboxylic acid groups (broad SMARTS) is 1. The van der Waals surface area contributed by atoms with Gasteiger partial charge in [-0.3, -0.25) is 4.98 Å². The van der Waals surface area contributed by atoms with Gasteiger partial charge in [-0.05, 0) is 42.8 Å². The molecule has 0 spiro atoms. The van der Waals surface area contributed by atoms with Crippen LogP contribution < -0.4 is 4.74 Å². The number of halogens is 1. The normalized spacial score (nSPS) is 10.2. The molecule has 0 fully saturated rings. The number of carboxylic acids is 1. The first-order chi connectivity index (χ1) is 9.08. The predicted octanol–water partition coefficient (Wildman–Crippen LogP) is 2.81. The van der Waals surface area contributed by atoms with Crippen LogP contribution in [-0.4, -0.2) is 16.1 Å². The van der Waals surface area contributed by atoms with Gasteiger partial charge in [0.2, 0.25) is 0 Å². The van der Waals surface area contributed by atoms with Gasteiger partial charge in [0.15, 0.2) is 0 Å². The van der Waals surface area contributed by atoms with Gasteiger partial charge in [0.1, 0.15) is 18.2 Å². The third kappa shape index (κ3) is 3.07. The number of nitrogens with zero attached hydrogens (tertiary/aromatic N) is 1. The van der Waals surface area contributed by atoms with Gasteiger partial charge in [-0.15, -0.1) is 0 Å². The summed E-state index contributed by atoms with van der Waals surface area (Å²) < 4.78 is 18.4. The van der Waals surface area contributed by atoms with Crippen LogP contribution in [0.3, 0.4) is 0 Å². The zero-order valence-electron chi connectivity index (χ0n) is 10.3. The maximum Gasteiger partial charge on any atom is 0.337 e. The van der Waals surface area contributed by atoms with Gasteiger partial charge in [-0.25, -0.2) is 9.18 Å². The SMILES string of the molecule is Cc1cc(F)ccc1OCc1ncccc1C(=O)O. The lowest BCUT2D eigenvalue weighted by atomic mass is 10.2. The highest BCUT2D eigenvalue weighted by Gasteiger charge is 2.11. The number of benzene rings is 1. The van der Waals surface area contributed by atoms with Gasteiger partial charge in [0, 0.05) is 6.20 Å². The molecule has 1 heterocycles. The second-order valence-corrected chi connectivity index (χ2v) is 4.00. The van der Waals surface area contributed by atoms with E-state index in [-0.39, 0.29) is 18.0 Å².